The summed E-state index contributed by atoms with van der Waals surface area (Å²) >= 11 is 0. The summed E-state index contributed by atoms with van der Waals surface area (Å²) in [6.07, 6.45) is 3.62. The molecule has 0 fully saturated rings. The fourth-order valence-electron chi connectivity index (χ4n) is 3.02. The van der Waals surface area contributed by atoms with Crippen LogP contribution in [0.1, 0.15) is 39.2 Å². The van der Waals surface area contributed by atoms with E-state index in [1.165, 1.54) is 0 Å². The van der Waals surface area contributed by atoms with Crippen LogP contribution in [0.2, 0.25) is 0 Å². The zero-order valence-corrected chi connectivity index (χ0v) is 15.7. The molecule has 26 heavy (non-hydrogen) atoms. The molecule has 1 aromatic carbocycles. The van der Waals surface area contributed by atoms with Gasteiger partial charge < -0.3 is 20.8 Å². The van der Waals surface area contributed by atoms with Gasteiger partial charge in [-0.1, -0.05) is 32.0 Å². The lowest BCUT2D eigenvalue weighted by molar-refractivity contribution is -0.147. The average molecular weight is 359 g/mol. The van der Waals surface area contributed by atoms with Crippen molar-refractivity contribution in [2.24, 2.45) is 11.7 Å². The van der Waals surface area contributed by atoms with Gasteiger partial charge in [-0.2, -0.15) is 0 Å². The minimum Gasteiger partial charge on any atom is -0.464 e. The first kappa shape index (κ1) is 20.0. The van der Waals surface area contributed by atoms with E-state index in [4.69, 9.17) is 10.5 Å². The van der Waals surface area contributed by atoms with E-state index < -0.39 is 18.1 Å². The highest BCUT2D eigenvalue weighted by Gasteiger charge is 2.25. The molecule has 0 spiro atoms. The Morgan fingerprint density at radius 3 is 2.69 bits per heavy atom. The highest BCUT2D eigenvalue weighted by Crippen LogP contribution is 2.19. The predicted octanol–water partition coefficient (Wildman–Crippen LogP) is 2.52. The van der Waals surface area contributed by atoms with Crippen molar-refractivity contribution in [2.45, 2.75) is 52.1 Å². The monoisotopic (exact) mass is 359 g/mol. The molecule has 2 aromatic rings. The second-order valence-electron chi connectivity index (χ2n) is 6.95. The normalized spacial score (nSPS) is 13.6. The molecule has 0 saturated carbocycles. The molecule has 142 valence electrons. The second-order valence-corrected chi connectivity index (χ2v) is 6.95. The van der Waals surface area contributed by atoms with Crippen LogP contribution in [0.25, 0.3) is 10.9 Å². The SMILES string of the molecule is CCOC(=O)C(CCc1c[nH]c2ccccc12)NC(=O)[C@@H](N)CC(C)C. The number of ether oxygens (including phenoxy) is 1. The first-order valence-electron chi connectivity index (χ1n) is 9.20. The van der Waals surface area contributed by atoms with E-state index in [1.807, 2.05) is 44.3 Å². The molecule has 0 bridgehead atoms. The molecule has 2 rings (SSSR count). The fraction of sp³-hybridized carbons (Fsp3) is 0.500. The van der Waals surface area contributed by atoms with Crippen molar-refractivity contribution in [2.75, 3.05) is 6.61 Å². The third-order valence-corrected chi connectivity index (χ3v) is 4.33. The fourth-order valence-corrected chi connectivity index (χ4v) is 3.02. The smallest absolute Gasteiger partial charge is 0.328 e. The van der Waals surface area contributed by atoms with Gasteiger partial charge in [0.25, 0.3) is 0 Å². The van der Waals surface area contributed by atoms with E-state index in [9.17, 15) is 9.59 Å². The van der Waals surface area contributed by atoms with Gasteiger partial charge in [0, 0.05) is 17.1 Å². The number of carbonyl (C=O) groups excluding carboxylic acids is 2. The number of hydrogen-bond donors (Lipinski definition) is 3. The minimum atomic E-state index is -0.700. The molecule has 0 radical (unpaired) electrons. The molecule has 6 heteroatoms. The first-order chi connectivity index (χ1) is 12.4. The van der Waals surface area contributed by atoms with Crippen molar-refractivity contribution in [1.82, 2.24) is 10.3 Å². The van der Waals surface area contributed by atoms with Crippen LogP contribution in [0.3, 0.4) is 0 Å². The summed E-state index contributed by atoms with van der Waals surface area (Å²) in [5, 5.41) is 3.89. The topological polar surface area (TPSA) is 97.2 Å². The Balaban J connectivity index is 2.05. The molecule has 4 N–H and O–H groups in total. The van der Waals surface area contributed by atoms with Gasteiger partial charge in [0.15, 0.2) is 0 Å². The van der Waals surface area contributed by atoms with Gasteiger partial charge in [-0.25, -0.2) is 4.79 Å². The zero-order valence-electron chi connectivity index (χ0n) is 15.7. The van der Waals surface area contributed by atoms with Crippen LogP contribution < -0.4 is 11.1 Å². The molecule has 0 aliphatic rings. The Bertz CT molecular complexity index is 739. The number of aromatic nitrogens is 1. The number of H-pyrrole nitrogens is 1. The Labute approximate surface area is 154 Å². The van der Waals surface area contributed by atoms with E-state index in [0.717, 1.165) is 16.5 Å². The Hall–Kier alpha value is -2.34. The maximum atomic E-state index is 12.3. The number of aromatic amines is 1. The van der Waals surface area contributed by atoms with Gasteiger partial charge in [0.1, 0.15) is 6.04 Å². The lowest BCUT2D eigenvalue weighted by Crippen LogP contribution is -2.49. The van der Waals surface area contributed by atoms with Crippen molar-refractivity contribution < 1.29 is 14.3 Å². The summed E-state index contributed by atoms with van der Waals surface area (Å²) in [6, 6.07) is 6.68. The molecular formula is C20H29N3O3. The number of esters is 1. The highest BCUT2D eigenvalue weighted by molar-refractivity contribution is 5.87. The van der Waals surface area contributed by atoms with E-state index in [0.29, 0.717) is 25.2 Å². The van der Waals surface area contributed by atoms with Crippen LogP contribution in [0.5, 0.6) is 0 Å². The van der Waals surface area contributed by atoms with Crippen LogP contribution >= 0.6 is 0 Å². The maximum Gasteiger partial charge on any atom is 0.328 e. The van der Waals surface area contributed by atoms with E-state index in [-0.39, 0.29) is 12.5 Å². The maximum absolute atomic E-state index is 12.3. The lowest BCUT2D eigenvalue weighted by atomic mass is 10.0. The highest BCUT2D eigenvalue weighted by atomic mass is 16.5. The summed E-state index contributed by atoms with van der Waals surface area (Å²) in [6.45, 7) is 6.04. The molecule has 2 atom stereocenters. The lowest BCUT2D eigenvalue weighted by Gasteiger charge is -2.20. The van der Waals surface area contributed by atoms with E-state index in [1.54, 1.807) is 6.92 Å². The van der Waals surface area contributed by atoms with Crippen molar-refractivity contribution in [3.05, 3.63) is 36.0 Å². The Morgan fingerprint density at radius 1 is 1.27 bits per heavy atom. The van der Waals surface area contributed by atoms with Crippen molar-refractivity contribution in [1.29, 1.82) is 0 Å². The van der Waals surface area contributed by atoms with Gasteiger partial charge in [-0.3, -0.25) is 4.79 Å². The van der Waals surface area contributed by atoms with Crippen LogP contribution in [0.15, 0.2) is 30.5 Å². The molecular weight excluding hydrogens is 330 g/mol. The van der Waals surface area contributed by atoms with Gasteiger partial charge in [0.05, 0.1) is 12.6 Å². The standard InChI is InChI=1S/C20H29N3O3/c1-4-26-20(25)18(23-19(24)16(21)11-13(2)3)10-9-14-12-22-17-8-6-5-7-15(14)17/h5-8,12-13,16,18,22H,4,9-11,21H2,1-3H3,(H,23,24)/t16-,18?/m0/s1. The summed E-state index contributed by atoms with van der Waals surface area (Å²) in [4.78, 5) is 27.8. The van der Waals surface area contributed by atoms with Gasteiger partial charge in [0.2, 0.25) is 5.91 Å². The number of rotatable bonds is 9. The molecule has 1 unspecified atom stereocenters. The first-order valence-corrected chi connectivity index (χ1v) is 9.20. The van der Waals surface area contributed by atoms with Crippen molar-refractivity contribution >= 4 is 22.8 Å². The molecule has 0 saturated heterocycles. The van der Waals surface area contributed by atoms with Gasteiger partial charge >= 0.3 is 5.97 Å². The Morgan fingerprint density at radius 2 is 2.00 bits per heavy atom. The number of hydrogen-bond acceptors (Lipinski definition) is 4. The Kier molecular flexibility index (Phi) is 7.21. The van der Waals surface area contributed by atoms with Gasteiger partial charge in [-0.15, -0.1) is 0 Å². The number of nitrogens with two attached hydrogens (primary N) is 1. The van der Waals surface area contributed by atoms with Crippen LogP contribution in [0.4, 0.5) is 0 Å². The average Bonchev–Trinajstić information content (AvgIpc) is 3.01. The molecule has 0 aliphatic carbocycles. The number of amides is 1. The minimum absolute atomic E-state index is 0.274. The largest absolute Gasteiger partial charge is 0.464 e. The summed E-state index contributed by atoms with van der Waals surface area (Å²) in [5.41, 5.74) is 8.10. The summed E-state index contributed by atoms with van der Waals surface area (Å²) in [5.74, 6) is -0.420. The van der Waals surface area contributed by atoms with E-state index >= 15 is 0 Å². The number of benzene rings is 1. The zero-order chi connectivity index (χ0) is 19.1. The third kappa shape index (κ3) is 5.33. The number of nitrogens with one attached hydrogen (secondary N) is 2. The summed E-state index contributed by atoms with van der Waals surface area (Å²) < 4.78 is 5.12. The van der Waals surface area contributed by atoms with Crippen LogP contribution in [-0.4, -0.2) is 35.6 Å². The number of carbonyl (C=O) groups is 2. The molecule has 1 heterocycles. The molecule has 1 amide bonds. The molecule has 0 aliphatic heterocycles. The van der Waals surface area contributed by atoms with Crippen LogP contribution in [-0.2, 0) is 20.7 Å². The number of aryl methyl sites for hydroxylation is 1. The molecule has 6 nitrogen and oxygen atoms in total. The quantitative estimate of drug-likeness (QED) is 0.599. The van der Waals surface area contributed by atoms with Gasteiger partial charge in [-0.05, 0) is 43.7 Å². The number of para-hydroxylation sites is 1. The van der Waals surface area contributed by atoms with E-state index in [2.05, 4.69) is 10.3 Å². The summed E-state index contributed by atoms with van der Waals surface area (Å²) in [7, 11) is 0. The predicted molar refractivity (Wildman–Crippen MR) is 103 cm³/mol. The third-order valence-electron chi connectivity index (χ3n) is 4.33. The second kappa shape index (κ2) is 9.38. The number of fused-ring (bicyclic) bond motifs is 1. The van der Waals surface area contributed by atoms with Crippen molar-refractivity contribution in [3.8, 4) is 0 Å². The molecule has 1 aromatic heterocycles. The van der Waals surface area contributed by atoms with Crippen molar-refractivity contribution in [3.63, 3.8) is 0 Å². The van der Waals surface area contributed by atoms with Crippen LogP contribution in [0, 0.1) is 5.92 Å².